The number of hydrogen-bond donors (Lipinski definition) is 0. The molecule has 2 rings (SSSR count). The van der Waals surface area contributed by atoms with Crippen LogP contribution in [0.3, 0.4) is 0 Å². The standard InChI is InChI=1S/C17H22O2/c1-17(2,3)16(19)11-15(18)14-9-8-12-6-4-5-7-13(12)10-14/h8-10H,4-7,11H2,1-3H3. The van der Waals surface area contributed by atoms with Crippen LogP contribution < -0.4 is 0 Å². The number of carbonyl (C=O) groups is 2. The highest BCUT2D eigenvalue weighted by atomic mass is 16.1. The Hall–Kier alpha value is -1.44. The highest BCUT2D eigenvalue weighted by Gasteiger charge is 2.24. The first-order chi connectivity index (χ1) is 8.88. The first-order valence-corrected chi connectivity index (χ1v) is 7.06. The minimum absolute atomic E-state index is 0.00946. The molecule has 19 heavy (non-hydrogen) atoms. The molecule has 0 spiro atoms. The fraction of sp³-hybridized carbons (Fsp3) is 0.529. The van der Waals surface area contributed by atoms with Gasteiger partial charge in [0, 0.05) is 11.0 Å². The van der Waals surface area contributed by atoms with Crippen LogP contribution in [-0.2, 0) is 17.6 Å². The average Bonchev–Trinajstić information content (AvgIpc) is 2.37. The van der Waals surface area contributed by atoms with Crippen LogP contribution in [0.2, 0.25) is 0 Å². The van der Waals surface area contributed by atoms with Gasteiger partial charge in [0.15, 0.2) is 5.78 Å². The molecule has 0 atom stereocenters. The number of Topliss-reactive ketones (excluding diaryl/α,β-unsaturated/α-hetero) is 2. The summed E-state index contributed by atoms with van der Waals surface area (Å²) in [7, 11) is 0. The monoisotopic (exact) mass is 258 g/mol. The first kappa shape index (κ1) is 14.0. The van der Waals surface area contributed by atoms with Crippen molar-refractivity contribution in [1.82, 2.24) is 0 Å². The predicted octanol–water partition coefficient (Wildman–Crippen LogP) is 3.75. The molecule has 2 nitrogen and oxygen atoms in total. The molecule has 1 aliphatic carbocycles. The van der Waals surface area contributed by atoms with Crippen molar-refractivity contribution in [2.24, 2.45) is 5.41 Å². The summed E-state index contributed by atoms with van der Waals surface area (Å²) < 4.78 is 0. The van der Waals surface area contributed by atoms with Gasteiger partial charge in [-0.05, 0) is 42.9 Å². The summed E-state index contributed by atoms with van der Waals surface area (Å²) in [6, 6.07) is 5.93. The molecule has 0 saturated heterocycles. The summed E-state index contributed by atoms with van der Waals surface area (Å²) in [5.74, 6) is -0.0384. The fourth-order valence-corrected chi connectivity index (χ4v) is 2.42. The number of fused-ring (bicyclic) bond motifs is 1. The zero-order valence-corrected chi connectivity index (χ0v) is 12.1. The van der Waals surface area contributed by atoms with E-state index in [2.05, 4.69) is 6.07 Å². The lowest BCUT2D eigenvalue weighted by molar-refractivity contribution is -0.125. The maximum Gasteiger partial charge on any atom is 0.170 e. The predicted molar refractivity (Wildman–Crippen MR) is 76.5 cm³/mol. The number of carbonyl (C=O) groups excluding carboxylic acids is 2. The molecular weight excluding hydrogens is 236 g/mol. The third kappa shape index (κ3) is 3.31. The van der Waals surface area contributed by atoms with Gasteiger partial charge in [-0.15, -0.1) is 0 Å². The van der Waals surface area contributed by atoms with Crippen LogP contribution in [0.5, 0.6) is 0 Å². The molecule has 0 heterocycles. The van der Waals surface area contributed by atoms with E-state index in [0.717, 1.165) is 12.8 Å². The second-order valence-electron chi connectivity index (χ2n) is 6.46. The average molecular weight is 258 g/mol. The molecule has 0 saturated carbocycles. The summed E-state index contributed by atoms with van der Waals surface area (Å²) in [6.45, 7) is 5.57. The van der Waals surface area contributed by atoms with E-state index in [4.69, 9.17) is 0 Å². The van der Waals surface area contributed by atoms with Crippen LogP contribution in [0, 0.1) is 5.41 Å². The molecule has 1 aromatic rings. The Morgan fingerprint density at radius 3 is 2.32 bits per heavy atom. The molecular formula is C17H22O2. The van der Waals surface area contributed by atoms with Crippen molar-refractivity contribution in [3.63, 3.8) is 0 Å². The van der Waals surface area contributed by atoms with Crippen molar-refractivity contribution in [1.29, 1.82) is 0 Å². The summed E-state index contributed by atoms with van der Waals surface area (Å²) in [5.41, 5.74) is 2.91. The number of ketones is 2. The zero-order chi connectivity index (χ0) is 14.0. The summed E-state index contributed by atoms with van der Waals surface area (Å²) in [4.78, 5) is 24.1. The van der Waals surface area contributed by atoms with Crippen molar-refractivity contribution < 1.29 is 9.59 Å². The second kappa shape index (κ2) is 5.28. The lowest BCUT2D eigenvalue weighted by Gasteiger charge is -2.18. The van der Waals surface area contributed by atoms with E-state index >= 15 is 0 Å². The van der Waals surface area contributed by atoms with Gasteiger partial charge in [0.25, 0.3) is 0 Å². The third-order valence-electron chi connectivity index (χ3n) is 3.83. The fourth-order valence-electron chi connectivity index (χ4n) is 2.42. The second-order valence-corrected chi connectivity index (χ2v) is 6.46. The molecule has 1 aliphatic rings. The van der Waals surface area contributed by atoms with E-state index in [0.29, 0.717) is 5.56 Å². The molecule has 0 aromatic heterocycles. The van der Waals surface area contributed by atoms with Gasteiger partial charge in [-0.2, -0.15) is 0 Å². The Morgan fingerprint density at radius 1 is 1.05 bits per heavy atom. The lowest BCUT2D eigenvalue weighted by Crippen LogP contribution is -2.23. The molecule has 1 aromatic carbocycles. The minimum atomic E-state index is -0.441. The van der Waals surface area contributed by atoms with E-state index in [-0.39, 0.29) is 18.0 Å². The Labute approximate surface area is 115 Å². The largest absolute Gasteiger partial charge is 0.299 e. The molecule has 0 aliphatic heterocycles. The van der Waals surface area contributed by atoms with Gasteiger partial charge in [-0.25, -0.2) is 0 Å². The van der Waals surface area contributed by atoms with E-state index in [9.17, 15) is 9.59 Å². The van der Waals surface area contributed by atoms with Gasteiger partial charge in [0.05, 0.1) is 6.42 Å². The Kier molecular flexibility index (Phi) is 3.88. The van der Waals surface area contributed by atoms with Crippen molar-refractivity contribution in [2.45, 2.75) is 52.9 Å². The summed E-state index contributed by atoms with van der Waals surface area (Å²) >= 11 is 0. The Bertz CT molecular complexity index is 506. The maximum absolute atomic E-state index is 12.2. The van der Waals surface area contributed by atoms with E-state index in [1.807, 2.05) is 32.9 Å². The lowest BCUT2D eigenvalue weighted by atomic mass is 9.85. The molecule has 0 amide bonds. The Morgan fingerprint density at radius 2 is 1.68 bits per heavy atom. The van der Waals surface area contributed by atoms with Gasteiger partial charge in [0.1, 0.15) is 5.78 Å². The summed E-state index contributed by atoms with van der Waals surface area (Å²) in [5, 5.41) is 0. The minimum Gasteiger partial charge on any atom is -0.299 e. The van der Waals surface area contributed by atoms with Crippen LogP contribution in [0.15, 0.2) is 18.2 Å². The Balaban J connectivity index is 2.14. The van der Waals surface area contributed by atoms with Gasteiger partial charge >= 0.3 is 0 Å². The summed E-state index contributed by atoms with van der Waals surface area (Å²) in [6.07, 6.45) is 4.63. The molecule has 0 N–H and O–H groups in total. The molecule has 0 radical (unpaired) electrons. The molecule has 2 heteroatoms. The SMILES string of the molecule is CC(C)(C)C(=O)CC(=O)c1ccc2c(c1)CCCC2. The van der Waals surface area contributed by atoms with Crippen molar-refractivity contribution in [3.05, 3.63) is 34.9 Å². The highest BCUT2D eigenvalue weighted by molar-refractivity contribution is 6.09. The van der Waals surface area contributed by atoms with Crippen LogP contribution in [-0.4, -0.2) is 11.6 Å². The van der Waals surface area contributed by atoms with Crippen LogP contribution >= 0.6 is 0 Å². The quantitative estimate of drug-likeness (QED) is 0.611. The van der Waals surface area contributed by atoms with Crippen LogP contribution in [0.25, 0.3) is 0 Å². The number of aryl methyl sites for hydroxylation is 2. The van der Waals surface area contributed by atoms with Gasteiger partial charge < -0.3 is 0 Å². The van der Waals surface area contributed by atoms with Crippen molar-refractivity contribution in [2.75, 3.05) is 0 Å². The van der Waals surface area contributed by atoms with Gasteiger partial charge in [-0.1, -0.05) is 32.9 Å². The number of rotatable bonds is 3. The normalized spacial score (nSPS) is 14.9. The van der Waals surface area contributed by atoms with E-state index in [1.165, 1.54) is 24.0 Å². The smallest absolute Gasteiger partial charge is 0.170 e. The highest BCUT2D eigenvalue weighted by Crippen LogP contribution is 2.24. The zero-order valence-electron chi connectivity index (χ0n) is 12.1. The van der Waals surface area contributed by atoms with E-state index < -0.39 is 5.41 Å². The first-order valence-electron chi connectivity index (χ1n) is 7.06. The van der Waals surface area contributed by atoms with Crippen molar-refractivity contribution >= 4 is 11.6 Å². The third-order valence-corrected chi connectivity index (χ3v) is 3.83. The van der Waals surface area contributed by atoms with Crippen LogP contribution in [0.4, 0.5) is 0 Å². The molecule has 0 bridgehead atoms. The number of benzene rings is 1. The molecule has 0 unspecified atom stereocenters. The van der Waals surface area contributed by atoms with Crippen LogP contribution in [0.1, 0.15) is 61.5 Å². The van der Waals surface area contributed by atoms with E-state index in [1.54, 1.807) is 0 Å². The maximum atomic E-state index is 12.2. The molecule has 102 valence electrons. The van der Waals surface area contributed by atoms with Gasteiger partial charge in [0.2, 0.25) is 0 Å². The van der Waals surface area contributed by atoms with Crippen molar-refractivity contribution in [3.8, 4) is 0 Å². The molecule has 0 fully saturated rings. The van der Waals surface area contributed by atoms with Gasteiger partial charge in [-0.3, -0.25) is 9.59 Å². The topological polar surface area (TPSA) is 34.1 Å². The number of hydrogen-bond acceptors (Lipinski definition) is 2.